The van der Waals surface area contributed by atoms with Crippen LogP contribution in [0.5, 0.6) is 0 Å². The lowest BCUT2D eigenvalue weighted by molar-refractivity contribution is -0.128. The quantitative estimate of drug-likeness (QED) is 0.631. The molecule has 2 aliphatic rings. The van der Waals surface area contributed by atoms with Gasteiger partial charge in [0, 0.05) is 10.7 Å². The highest BCUT2D eigenvalue weighted by Gasteiger charge is 2.56. The first-order chi connectivity index (χ1) is 8.29. The van der Waals surface area contributed by atoms with Crippen LogP contribution in [0, 0.1) is 30.3 Å². The van der Waals surface area contributed by atoms with Gasteiger partial charge in [0.2, 0.25) is 12.5 Å². The van der Waals surface area contributed by atoms with Crippen LogP contribution in [0.1, 0.15) is 26.7 Å². The largest absolute Gasteiger partial charge is 0.321 e. The predicted octanol–water partition coefficient (Wildman–Crippen LogP) is 1.45. The first kappa shape index (κ1) is 14.0. The van der Waals surface area contributed by atoms with Gasteiger partial charge in [-0.05, 0) is 24.7 Å². The molecule has 0 aromatic rings. The van der Waals surface area contributed by atoms with Gasteiger partial charge in [-0.15, -0.1) is 0 Å². The van der Waals surface area contributed by atoms with E-state index < -0.39 is 21.1 Å². The monoisotopic (exact) mass is 294 g/mol. The molecule has 0 radical (unpaired) electrons. The predicted molar refractivity (Wildman–Crippen MR) is 66.6 cm³/mol. The molecule has 2 fully saturated rings. The molecule has 4 atom stereocenters. The summed E-state index contributed by atoms with van der Waals surface area (Å²) in [6.45, 7) is 5.85. The minimum absolute atomic E-state index is 0.0107. The molecule has 0 aromatic carbocycles. The van der Waals surface area contributed by atoms with Crippen molar-refractivity contribution in [2.75, 3.05) is 0 Å². The summed E-state index contributed by atoms with van der Waals surface area (Å²) in [5.41, 5.74) is 0. The van der Waals surface area contributed by atoms with E-state index in [-0.39, 0.29) is 17.9 Å². The van der Waals surface area contributed by atoms with Crippen molar-refractivity contribution in [3.05, 3.63) is 6.61 Å². The zero-order chi connectivity index (χ0) is 13.5. The molecule has 1 amide bonds. The average molecular weight is 295 g/mol. The van der Waals surface area contributed by atoms with Crippen LogP contribution in [-0.4, -0.2) is 20.4 Å². The average Bonchev–Trinajstić information content (AvgIpc) is 2.49. The fraction of sp³-hybridized carbons (Fsp3) is 0.818. The summed E-state index contributed by atoms with van der Waals surface area (Å²) >= 11 is 0. The van der Waals surface area contributed by atoms with Crippen LogP contribution >= 0.6 is 10.7 Å². The van der Waals surface area contributed by atoms with Gasteiger partial charge in [0.25, 0.3) is 0 Å². The van der Waals surface area contributed by atoms with E-state index in [0.717, 1.165) is 12.8 Å². The summed E-state index contributed by atoms with van der Waals surface area (Å²) < 4.78 is 29.3. The van der Waals surface area contributed by atoms with Gasteiger partial charge in [-0.25, -0.2) is 4.72 Å². The lowest BCUT2D eigenvalue weighted by Crippen LogP contribution is -2.45. The normalized spacial score (nSPS) is 35.3. The van der Waals surface area contributed by atoms with Crippen LogP contribution in [0.2, 0.25) is 0 Å². The summed E-state index contributed by atoms with van der Waals surface area (Å²) in [7, 11) is 1.03. The smallest absolute Gasteiger partial charge is 0.273 e. The fourth-order valence-corrected chi connectivity index (χ4v) is 3.62. The van der Waals surface area contributed by atoms with Gasteiger partial charge < -0.3 is 0 Å². The molecule has 7 heteroatoms. The number of carbonyl (C=O) groups is 1. The SMILES string of the molecule is CC(C)C1CC[C@@H]2[CH+]O[C@H]1C2C(=O)NS(=O)(=O)Cl. The molecule has 2 bridgehead atoms. The highest BCUT2D eigenvalue weighted by Crippen LogP contribution is 2.46. The minimum atomic E-state index is -4.03. The second-order valence-corrected chi connectivity index (χ2v) is 7.61. The fourth-order valence-electron chi connectivity index (χ4n) is 3.01. The molecule has 102 valence electrons. The molecule has 2 unspecified atom stereocenters. The van der Waals surface area contributed by atoms with Crippen molar-refractivity contribution in [2.24, 2.45) is 23.7 Å². The Labute approximate surface area is 112 Å². The zero-order valence-electron chi connectivity index (χ0n) is 10.3. The van der Waals surface area contributed by atoms with Crippen LogP contribution in [-0.2, 0) is 18.8 Å². The van der Waals surface area contributed by atoms with E-state index in [0.29, 0.717) is 5.92 Å². The van der Waals surface area contributed by atoms with E-state index in [2.05, 4.69) is 13.8 Å². The number of carbonyl (C=O) groups excluding carboxylic acids is 1. The van der Waals surface area contributed by atoms with E-state index >= 15 is 0 Å². The zero-order valence-corrected chi connectivity index (χ0v) is 11.9. The van der Waals surface area contributed by atoms with Crippen LogP contribution in [0.4, 0.5) is 0 Å². The maximum Gasteiger partial charge on any atom is 0.321 e. The summed E-state index contributed by atoms with van der Waals surface area (Å²) in [5, 5.41) is 0. The third-order valence-corrected chi connectivity index (χ3v) is 4.54. The molecule has 1 saturated carbocycles. The van der Waals surface area contributed by atoms with E-state index in [1.54, 1.807) is 6.61 Å². The van der Waals surface area contributed by atoms with Crippen molar-refractivity contribution in [3.8, 4) is 0 Å². The lowest BCUT2D eigenvalue weighted by Gasteiger charge is -2.31. The van der Waals surface area contributed by atoms with Crippen LogP contribution in [0.25, 0.3) is 0 Å². The first-order valence-corrected chi connectivity index (χ1v) is 8.35. The third kappa shape index (κ3) is 2.75. The molecule has 1 N–H and O–H groups in total. The molecule has 1 aliphatic carbocycles. The Morgan fingerprint density at radius 1 is 1.44 bits per heavy atom. The molecule has 0 spiro atoms. The number of fused-ring (bicyclic) bond motifs is 2. The maximum absolute atomic E-state index is 12.0. The lowest BCUT2D eigenvalue weighted by atomic mass is 9.70. The van der Waals surface area contributed by atoms with Crippen molar-refractivity contribution < 1.29 is 17.9 Å². The molecule has 1 saturated heterocycles. The van der Waals surface area contributed by atoms with Crippen molar-refractivity contribution in [1.82, 2.24) is 4.72 Å². The maximum atomic E-state index is 12.0. The molecule has 2 rings (SSSR count). The van der Waals surface area contributed by atoms with Crippen molar-refractivity contribution >= 4 is 25.8 Å². The van der Waals surface area contributed by atoms with E-state index in [9.17, 15) is 13.2 Å². The Bertz CT molecular complexity index is 436. The Kier molecular flexibility index (Phi) is 3.80. The van der Waals surface area contributed by atoms with E-state index in [1.807, 2.05) is 4.72 Å². The Morgan fingerprint density at radius 2 is 2.11 bits per heavy atom. The van der Waals surface area contributed by atoms with Gasteiger partial charge in [0.05, 0.1) is 0 Å². The van der Waals surface area contributed by atoms with Crippen molar-refractivity contribution in [1.29, 1.82) is 0 Å². The van der Waals surface area contributed by atoms with Gasteiger partial charge in [-0.2, -0.15) is 13.2 Å². The second-order valence-electron chi connectivity index (χ2n) is 5.32. The standard InChI is InChI=1S/C11H16ClNO4S/c1-6(2)8-4-3-7-5-17-10(8)9(7)11(14)13-18(12,15)16/h5-10H,3-4H2,1-2H3/p+1/t7-,8?,9?,10-/m1/s1. The number of hydrogen-bond acceptors (Lipinski definition) is 4. The van der Waals surface area contributed by atoms with Gasteiger partial charge in [-0.3, -0.25) is 4.79 Å². The summed E-state index contributed by atoms with van der Waals surface area (Å²) in [6.07, 6.45) is 1.61. The highest BCUT2D eigenvalue weighted by molar-refractivity contribution is 8.12. The summed E-state index contributed by atoms with van der Waals surface area (Å²) in [5.74, 6) is -0.346. The first-order valence-electron chi connectivity index (χ1n) is 6.04. The Balaban J connectivity index is 2.15. The third-order valence-electron chi connectivity index (χ3n) is 3.86. The van der Waals surface area contributed by atoms with Gasteiger partial charge in [0.15, 0.2) is 0 Å². The summed E-state index contributed by atoms with van der Waals surface area (Å²) in [6, 6.07) is 0. The van der Waals surface area contributed by atoms with Crippen molar-refractivity contribution in [3.63, 3.8) is 0 Å². The van der Waals surface area contributed by atoms with Gasteiger partial charge in [-0.1, -0.05) is 13.8 Å². The number of amides is 1. The second kappa shape index (κ2) is 4.90. The molecular weight excluding hydrogens is 278 g/mol. The van der Waals surface area contributed by atoms with E-state index in [4.69, 9.17) is 15.4 Å². The highest BCUT2D eigenvalue weighted by atomic mass is 35.7. The Hall–Kier alpha value is -0.460. The summed E-state index contributed by atoms with van der Waals surface area (Å²) in [4.78, 5) is 12.0. The Morgan fingerprint density at radius 3 is 2.67 bits per heavy atom. The number of hydrogen-bond donors (Lipinski definition) is 1. The van der Waals surface area contributed by atoms with Crippen molar-refractivity contribution in [2.45, 2.75) is 32.8 Å². The molecule has 0 aromatic heterocycles. The van der Waals surface area contributed by atoms with Gasteiger partial charge >= 0.3 is 9.24 Å². The minimum Gasteiger partial charge on any atom is -0.273 e. The molecule has 5 nitrogen and oxygen atoms in total. The number of rotatable bonds is 3. The number of ether oxygens (including phenoxy) is 1. The topological polar surface area (TPSA) is 72.5 Å². The van der Waals surface area contributed by atoms with Crippen LogP contribution < -0.4 is 4.72 Å². The van der Waals surface area contributed by atoms with Crippen LogP contribution in [0.15, 0.2) is 0 Å². The molecule has 1 heterocycles. The van der Waals surface area contributed by atoms with E-state index in [1.165, 1.54) is 0 Å². The molecular formula is C11H17ClNO4S+. The number of nitrogens with one attached hydrogen (secondary N) is 1. The van der Waals surface area contributed by atoms with Gasteiger partial charge in [0.1, 0.15) is 17.9 Å². The van der Waals surface area contributed by atoms with Crippen LogP contribution in [0.3, 0.4) is 0 Å². The molecule has 18 heavy (non-hydrogen) atoms. The molecule has 1 aliphatic heterocycles. The number of halogens is 1.